The number of imidazole rings is 1. The van der Waals surface area contributed by atoms with Crippen molar-refractivity contribution in [2.24, 2.45) is 0 Å². The number of alkyl halides is 3. The molecule has 12 nitrogen and oxygen atoms in total. The summed E-state index contributed by atoms with van der Waals surface area (Å²) in [6.07, 6.45) is -1.23. The van der Waals surface area contributed by atoms with Gasteiger partial charge in [-0.25, -0.2) is 9.36 Å². The van der Waals surface area contributed by atoms with Crippen LogP contribution >= 0.6 is 7.82 Å². The lowest BCUT2D eigenvalue weighted by molar-refractivity contribution is -0.137. The van der Waals surface area contributed by atoms with Gasteiger partial charge in [-0.1, -0.05) is 19.1 Å². The van der Waals surface area contributed by atoms with Gasteiger partial charge in [0.15, 0.2) is 5.52 Å². The minimum absolute atomic E-state index is 0.00789. The Labute approximate surface area is 206 Å². The third kappa shape index (κ3) is 5.62. The molecule has 0 bridgehead atoms. The second-order valence-electron chi connectivity index (χ2n) is 7.89. The molecule has 3 heterocycles. The van der Waals surface area contributed by atoms with Gasteiger partial charge in [0, 0.05) is 6.20 Å². The van der Waals surface area contributed by atoms with Gasteiger partial charge in [0.2, 0.25) is 5.65 Å². The molecule has 0 saturated carbocycles. The van der Waals surface area contributed by atoms with Gasteiger partial charge >= 0.3 is 25.5 Å². The van der Waals surface area contributed by atoms with Crippen LogP contribution in [0.4, 0.5) is 19.1 Å². The molecule has 16 heteroatoms. The average Bonchev–Trinajstić information content (AvgIpc) is 3.43. The summed E-state index contributed by atoms with van der Waals surface area (Å²) in [5, 5.41) is 4.14. The molecule has 0 spiro atoms. The van der Waals surface area contributed by atoms with E-state index in [0.29, 0.717) is 12.0 Å². The molecule has 2 N–H and O–H groups in total. The molecule has 0 atom stereocenters. The molecule has 0 aliphatic carbocycles. The highest BCUT2D eigenvalue weighted by molar-refractivity contribution is 7.46. The van der Waals surface area contributed by atoms with E-state index in [1.807, 2.05) is 0 Å². The molecule has 0 radical (unpaired) electrons. The SMILES string of the molecule is [C-]#[N+]c1nc2nc(-c3cnn(Cc4cccc(C(F)(F)F)c4)c3)n(COP(=O)(O)O)c2c(=O)n1CCC. The number of fused-ring (bicyclic) bond motifs is 1. The Kier molecular flexibility index (Phi) is 7.03. The standard InChI is InChI=1S/C21H19F3N7O5P/c1-3-7-30-19(32)16-17(28-20(30)25-2)27-18(31(16)12-36-37(33,34)35)14-9-26-29(11-14)10-13-5-4-6-15(8-13)21(22,23)24/h4-6,8-9,11H,3,7,10,12H2,1H3,(H2,33,34,35). The van der Waals surface area contributed by atoms with Gasteiger partial charge in [-0.2, -0.15) is 23.3 Å². The number of nitrogens with zero attached hydrogens (tertiary/aromatic N) is 7. The zero-order chi connectivity index (χ0) is 27.0. The first-order chi connectivity index (χ1) is 17.4. The summed E-state index contributed by atoms with van der Waals surface area (Å²) in [4.78, 5) is 43.3. The fourth-order valence-electron chi connectivity index (χ4n) is 3.69. The number of phosphoric acid groups is 1. The van der Waals surface area contributed by atoms with Crippen molar-refractivity contribution in [3.8, 4) is 11.4 Å². The van der Waals surface area contributed by atoms with E-state index in [2.05, 4.69) is 24.4 Å². The van der Waals surface area contributed by atoms with E-state index in [4.69, 9.17) is 6.57 Å². The highest BCUT2D eigenvalue weighted by atomic mass is 31.2. The largest absolute Gasteiger partial charge is 0.471 e. The number of aromatic nitrogens is 6. The molecule has 4 aromatic rings. The van der Waals surface area contributed by atoms with Gasteiger partial charge in [0.1, 0.15) is 12.6 Å². The van der Waals surface area contributed by atoms with E-state index in [1.165, 1.54) is 29.2 Å². The van der Waals surface area contributed by atoms with Crippen molar-refractivity contribution in [3.63, 3.8) is 0 Å². The van der Waals surface area contributed by atoms with E-state index in [0.717, 1.165) is 21.3 Å². The first-order valence-electron chi connectivity index (χ1n) is 10.7. The number of benzene rings is 1. The Bertz CT molecular complexity index is 1610. The Morgan fingerprint density at radius 2 is 1.97 bits per heavy atom. The van der Waals surface area contributed by atoms with E-state index >= 15 is 0 Å². The van der Waals surface area contributed by atoms with Crippen molar-refractivity contribution in [3.05, 3.63) is 69.6 Å². The third-order valence-corrected chi connectivity index (χ3v) is 5.69. The summed E-state index contributed by atoms with van der Waals surface area (Å²) < 4.78 is 58.7. The average molecular weight is 537 g/mol. The normalized spacial score (nSPS) is 12.2. The van der Waals surface area contributed by atoms with E-state index in [9.17, 15) is 32.3 Å². The smallest absolute Gasteiger partial charge is 0.396 e. The predicted molar refractivity (Wildman–Crippen MR) is 123 cm³/mol. The molecule has 0 fully saturated rings. The lowest BCUT2D eigenvalue weighted by Crippen LogP contribution is -2.23. The fourth-order valence-corrected chi connectivity index (χ4v) is 3.96. The Hall–Kier alpha value is -3.83. The quantitative estimate of drug-likeness (QED) is 0.257. The van der Waals surface area contributed by atoms with Crippen LogP contribution in [0.1, 0.15) is 24.5 Å². The van der Waals surface area contributed by atoms with Gasteiger partial charge < -0.3 is 14.6 Å². The topological polar surface area (TPSA) is 142 Å². The summed E-state index contributed by atoms with van der Waals surface area (Å²) in [5.74, 6) is -0.194. The van der Waals surface area contributed by atoms with Gasteiger partial charge in [0.05, 0.1) is 30.4 Å². The zero-order valence-electron chi connectivity index (χ0n) is 19.1. The monoisotopic (exact) mass is 537 g/mol. The number of phosphoric ester groups is 1. The summed E-state index contributed by atoms with van der Waals surface area (Å²) in [6, 6.07) is 4.74. The first-order valence-corrected chi connectivity index (χ1v) is 12.2. The molecule has 194 valence electrons. The molecule has 0 aliphatic heterocycles. The minimum atomic E-state index is -4.95. The Morgan fingerprint density at radius 1 is 1.22 bits per heavy atom. The Morgan fingerprint density at radius 3 is 2.62 bits per heavy atom. The fraction of sp³-hybridized carbons (Fsp3) is 0.286. The van der Waals surface area contributed by atoms with Crippen LogP contribution in [0.3, 0.4) is 0 Å². The maximum Gasteiger partial charge on any atom is 0.471 e. The van der Waals surface area contributed by atoms with Crippen LogP contribution in [0.25, 0.3) is 27.4 Å². The number of hydrogen-bond donors (Lipinski definition) is 2. The van der Waals surface area contributed by atoms with Crippen LogP contribution in [0.5, 0.6) is 0 Å². The second-order valence-corrected chi connectivity index (χ2v) is 9.13. The van der Waals surface area contributed by atoms with Crippen molar-refractivity contribution >= 4 is 24.9 Å². The molecule has 0 amide bonds. The van der Waals surface area contributed by atoms with Crippen molar-refractivity contribution in [2.75, 3.05) is 0 Å². The third-order valence-electron chi connectivity index (χ3n) is 5.24. The van der Waals surface area contributed by atoms with Crippen molar-refractivity contribution in [1.82, 2.24) is 28.9 Å². The van der Waals surface area contributed by atoms with Crippen LogP contribution in [0.2, 0.25) is 0 Å². The Balaban J connectivity index is 1.80. The lowest BCUT2D eigenvalue weighted by Gasteiger charge is -2.10. The van der Waals surface area contributed by atoms with Crippen LogP contribution in [0, 0.1) is 6.57 Å². The summed E-state index contributed by atoms with van der Waals surface area (Å²) in [5.41, 5.74) is -1.15. The maximum absolute atomic E-state index is 13.2. The first kappa shape index (κ1) is 26.2. The summed E-state index contributed by atoms with van der Waals surface area (Å²) in [7, 11) is -4.95. The number of rotatable bonds is 8. The van der Waals surface area contributed by atoms with E-state index in [-0.39, 0.29) is 41.6 Å². The van der Waals surface area contributed by atoms with Crippen LogP contribution in [-0.4, -0.2) is 38.7 Å². The van der Waals surface area contributed by atoms with Crippen molar-refractivity contribution in [2.45, 2.75) is 39.3 Å². The maximum atomic E-state index is 13.2. The van der Waals surface area contributed by atoms with E-state index in [1.54, 1.807) is 6.92 Å². The molecule has 1 aromatic carbocycles. The zero-order valence-corrected chi connectivity index (χ0v) is 20.0. The molecule has 3 aromatic heterocycles. The highest BCUT2D eigenvalue weighted by Crippen LogP contribution is 2.37. The lowest BCUT2D eigenvalue weighted by atomic mass is 10.1. The van der Waals surface area contributed by atoms with Gasteiger partial charge in [-0.3, -0.25) is 18.3 Å². The van der Waals surface area contributed by atoms with Crippen LogP contribution < -0.4 is 5.56 Å². The van der Waals surface area contributed by atoms with E-state index < -0.39 is 31.9 Å². The van der Waals surface area contributed by atoms with Crippen molar-refractivity contribution in [1.29, 1.82) is 0 Å². The second kappa shape index (κ2) is 9.91. The van der Waals surface area contributed by atoms with Gasteiger partial charge in [0.25, 0.3) is 0 Å². The predicted octanol–water partition coefficient (Wildman–Crippen LogP) is 3.55. The molecular weight excluding hydrogens is 518 g/mol. The van der Waals surface area contributed by atoms with Crippen molar-refractivity contribution < 1.29 is 32.0 Å². The van der Waals surface area contributed by atoms with Crippen LogP contribution in [-0.2, 0) is 35.1 Å². The summed E-state index contributed by atoms with van der Waals surface area (Å²) >= 11 is 0. The van der Waals surface area contributed by atoms with Gasteiger partial charge in [-0.15, -0.1) is 11.6 Å². The molecule has 0 unspecified atom stereocenters. The highest BCUT2D eigenvalue weighted by Gasteiger charge is 2.30. The summed E-state index contributed by atoms with van der Waals surface area (Å²) in [6.45, 7) is 8.52. The van der Waals surface area contributed by atoms with Gasteiger partial charge in [-0.05, 0) is 24.1 Å². The number of hydrogen-bond acceptors (Lipinski definition) is 6. The molecular formula is C21H19F3N7O5P. The molecule has 4 rings (SSSR count). The van der Waals surface area contributed by atoms with Crippen LogP contribution in [0.15, 0.2) is 41.5 Å². The number of halogens is 3. The minimum Gasteiger partial charge on any atom is -0.396 e. The molecule has 0 aliphatic rings. The molecule has 37 heavy (non-hydrogen) atoms. The molecule has 0 saturated heterocycles.